The molecule has 0 aliphatic heterocycles. The van der Waals surface area contributed by atoms with Crippen LogP contribution in [0.15, 0.2) is 64.5 Å². The molecule has 2 heterocycles. The average molecular weight is 487 g/mol. The summed E-state index contributed by atoms with van der Waals surface area (Å²) in [7, 11) is 0. The second-order valence-electron chi connectivity index (χ2n) is 8.18. The Bertz CT molecular complexity index is 1480. The van der Waals surface area contributed by atoms with E-state index in [-0.39, 0.29) is 23.3 Å². The number of aryl methyl sites for hydroxylation is 1. The molecule has 1 aliphatic rings. The normalized spacial score (nSPS) is 13.4. The van der Waals surface area contributed by atoms with Crippen LogP contribution in [0, 0.1) is 11.3 Å². The predicted molar refractivity (Wildman–Crippen MR) is 137 cm³/mol. The zero-order chi connectivity index (χ0) is 23.7. The Morgan fingerprint density at radius 3 is 2.76 bits per heavy atom. The van der Waals surface area contributed by atoms with Crippen molar-refractivity contribution in [3.63, 3.8) is 0 Å². The van der Waals surface area contributed by atoms with E-state index in [1.54, 1.807) is 10.6 Å². The number of para-hydroxylation sites is 1. The third-order valence-electron chi connectivity index (χ3n) is 6.06. The average Bonchev–Trinajstić information content (AvgIpc) is 3.44. The van der Waals surface area contributed by atoms with E-state index < -0.39 is 0 Å². The van der Waals surface area contributed by atoms with Gasteiger partial charge < -0.3 is 5.32 Å². The smallest absolute Gasteiger partial charge is 0.262 e. The highest BCUT2D eigenvalue weighted by Crippen LogP contribution is 2.38. The minimum Gasteiger partial charge on any atom is -0.316 e. The van der Waals surface area contributed by atoms with Crippen LogP contribution in [0.3, 0.4) is 0 Å². The molecular weight excluding hydrogens is 464 g/mol. The van der Waals surface area contributed by atoms with E-state index in [1.807, 2.05) is 55.5 Å². The first-order valence-corrected chi connectivity index (χ1v) is 12.9. The van der Waals surface area contributed by atoms with E-state index in [0.29, 0.717) is 26.6 Å². The quantitative estimate of drug-likeness (QED) is 0.300. The first-order valence-electron chi connectivity index (χ1n) is 11.1. The Morgan fingerprint density at radius 2 is 1.97 bits per heavy atom. The van der Waals surface area contributed by atoms with Crippen LogP contribution in [-0.4, -0.2) is 21.2 Å². The molecule has 2 aromatic carbocycles. The third-order valence-corrected chi connectivity index (χ3v) is 8.22. The van der Waals surface area contributed by atoms with E-state index in [0.717, 1.165) is 30.4 Å². The van der Waals surface area contributed by atoms with E-state index in [9.17, 15) is 14.9 Å². The summed E-state index contributed by atoms with van der Waals surface area (Å²) in [5.41, 5.74) is 3.13. The van der Waals surface area contributed by atoms with Crippen molar-refractivity contribution < 1.29 is 4.79 Å². The molecule has 0 spiro atoms. The summed E-state index contributed by atoms with van der Waals surface area (Å²) < 4.78 is 1.66. The van der Waals surface area contributed by atoms with Crippen molar-refractivity contribution in [3.05, 3.63) is 86.5 Å². The van der Waals surface area contributed by atoms with Crippen LogP contribution in [0.25, 0.3) is 10.9 Å². The first-order chi connectivity index (χ1) is 16.6. The number of nitrogens with one attached hydrogen (secondary N) is 1. The SMILES string of the molecule is CC(c1ccccc1)n1c(SCC(=O)Nc2sc3c(c2C#N)CCC3)nc2ccccc2c1=O. The van der Waals surface area contributed by atoms with Crippen molar-refractivity contribution in [1.82, 2.24) is 9.55 Å². The van der Waals surface area contributed by atoms with Gasteiger partial charge in [-0.2, -0.15) is 5.26 Å². The molecule has 1 atom stereocenters. The molecule has 5 rings (SSSR count). The highest BCUT2D eigenvalue weighted by atomic mass is 32.2. The maximum Gasteiger partial charge on any atom is 0.262 e. The number of aromatic nitrogens is 2. The molecule has 1 amide bonds. The number of hydrogen-bond acceptors (Lipinski definition) is 6. The van der Waals surface area contributed by atoms with Gasteiger partial charge in [-0.15, -0.1) is 11.3 Å². The lowest BCUT2D eigenvalue weighted by molar-refractivity contribution is -0.113. The van der Waals surface area contributed by atoms with Crippen LogP contribution in [0.2, 0.25) is 0 Å². The Morgan fingerprint density at radius 1 is 1.21 bits per heavy atom. The van der Waals surface area contributed by atoms with Gasteiger partial charge in [0.2, 0.25) is 5.91 Å². The van der Waals surface area contributed by atoms with Gasteiger partial charge in [0.1, 0.15) is 11.1 Å². The summed E-state index contributed by atoms with van der Waals surface area (Å²) in [5, 5.41) is 14.2. The molecule has 170 valence electrons. The lowest BCUT2D eigenvalue weighted by Crippen LogP contribution is -2.27. The number of carbonyl (C=O) groups excluding carboxylic acids is 1. The standard InChI is InChI=1S/C26H22N4O2S2/c1-16(17-8-3-2-4-9-17)30-25(32)19-10-5-6-12-21(19)28-26(30)33-15-23(31)29-24-20(14-27)18-11-7-13-22(18)34-24/h2-6,8-10,12,16H,7,11,13,15H2,1H3,(H,29,31). The highest BCUT2D eigenvalue weighted by Gasteiger charge is 2.24. The lowest BCUT2D eigenvalue weighted by atomic mass is 10.1. The van der Waals surface area contributed by atoms with Gasteiger partial charge in [0.05, 0.1) is 28.3 Å². The molecule has 0 bridgehead atoms. The van der Waals surface area contributed by atoms with Crippen molar-refractivity contribution in [2.75, 3.05) is 11.1 Å². The number of amides is 1. The number of fused-ring (bicyclic) bond motifs is 2. The summed E-state index contributed by atoms with van der Waals surface area (Å²) >= 11 is 2.73. The molecule has 0 radical (unpaired) electrons. The molecule has 34 heavy (non-hydrogen) atoms. The number of anilines is 1. The molecule has 6 nitrogen and oxygen atoms in total. The first kappa shape index (κ1) is 22.4. The minimum atomic E-state index is -0.248. The fraction of sp³-hybridized carbons (Fsp3) is 0.231. The largest absolute Gasteiger partial charge is 0.316 e. The summed E-state index contributed by atoms with van der Waals surface area (Å²) in [6.07, 6.45) is 2.92. The van der Waals surface area contributed by atoms with Crippen LogP contribution in [0.4, 0.5) is 5.00 Å². The van der Waals surface area contributed by atoms with E-state index in [1.165, 1.54) is 28.0 Å². The maximum atomic E-state index is 13.4. The Kier molecular flexibility index (Phi) is 6.22. The molecule has 1 unspecified atom stereocenters. The van der Waals surface area contributed by atoms with Crippen molar-refractivity contribution in [1.29, 1.82) is 5.26 Å². The monoisotopic (exact) mass is 486 g/mol. The van der Waals surface area contributed by atoms with Gasteiger partial charge in [0, 0.05) is 4.88 Å². The van der Waals surface area contributed by atoms with Crippen LogP contribution in [-0.2, 0) is 17.6 Å². The summed E-state index contributed by atoms with van der Waals surface area (Å²) in [6, 6.07) is 19.0. The molecule has 0 saturated heterocycles. The van der Waals surface area contributed by atoms with Gasteiger partial charge >= 0.3 is 0 Å². The van der Waals surface area contributed by atoms with Crippen LogP contribution >= 0.6 is 23.1 Å². The van der Waals surface area contributed by atoms with Crippen LogP contribution in [0.1, 0.15) is 41.0 Å². The zero-order valence-electron chi connectivity index (χ0n) is 18.6. The third kappa shape index (κ3) is 4.13. The number of carbonyl (C=O) groups is 1. The second kappa shape index (κ2) is 9.45. The highest BCUT2D eigenvalue weighted by molar-refractivity contribution is 7.99. The van der Waals surface area contributed by atoms with Crippen LogP contribution < -0.4 is 10.9 Å². The number of benzene rings is 2. The Labute approximate surface area is 205 Å². The summed E-state index contributed by atoms with van der Waals surface area (Å²) in [4.78, 5) is 32.2. The minimum absolute atomic E-state index is 0.0831. The zero-order valence-corrected chi connectivity index (χ0v) is 20.2. The number of hydrogen-bond donors (Lipinski definition) is 1. The van der Waals surface area contributed by atoms with E-state index >= 15 is 0 Å². The molecule has 2 aromatic heterocycles. The molecule has 8 heteroatoms. The molecule has 1 aliphatic carbocycles. The van der Waals surface area contributed by atoms with Crippen molar-refractivity contribution in [2.24, 2.45) is 0 Å². The van der Waals surface area contributed by atoms with Gasteiger partial charge in [-0.25, -0.2) is 4.98 Å². The lowest BCUT2D eigenvalue weighted by Gasteiger charge is -2.20. The topological polar surface area (TPSA) is 87.8 Å². The van der Waals surface area contributed by atoms with Gasteiger partial charge in [0.15, 0.2) is 5.16 Å². The fourth-order valence-electron chi connectivity index (χ4n) is 4.35. The fourth-order valence-corrected chi connectivity index (χ4v) is 6.48. The maximum absolute atomic E-state index is 13.4. The Hall–Kier alpha value is -3.41. The van der Waals surface area contributed by atoms with Crippen molar-refractivity contribution in [2.45, 2.75) is 37.4 Å². The molecule has 4 aromatic rings. The second-order valence-corrected chi connectivity index (χ2v) is 10.2. The van der Waals surface area contributed by atoms with Gasteiger partial charge in [-0.1, -0.05) is 54.2 Å². The van der Waals surface area contributed by atoms with Crippen LogP contribution in [0.5, 0.6) is 0 Å². The number of thioether (sulfide) groups is 1. The molecular formula is C26H22N4O2S2. The summed E-state index contributed by atoms with van der Waals surface area (Å²) in [6.45, 7) is 1.96. The number of thiophene rings is 1. The number of rotatable bonds is 6. The van der Waals surface area contributed by atoms with Gasteiger partial charge in [-0.3, -0.25) is 14.2 Å². The molecule has 0 fully saturated rings. The number of nitriles is 1. The van der Waals surface area contributed by atoms with Gasteiger partial charge in [0.25, 0.3) is 5.56 Å². The number of nitrogens with zero attached hydrogens (tertiary/aromatic N) is 3. The van der Waals surface area contributed by atoms with Crippen molar-refractivity contribution >= 4 is 44.9 Å². The Balaban J connectivity index is 1.44. The van der Waals surface area contributed by atoms with E-state index in [4.69, 9.17) is 4.98 Å². The predicted octanol–water partition coefficient (Wildman–Crippen LogP) is 5.16. The summed E-state index contributed by atoms with van der Waals surface area (Å²) in [5.74, 6) is -0.137. The molecule has 1 N–H and O–H groups in total. The molecule has 0 saturated carbocycles. The van der Waals surface area contributed by atoms with E-state index in [2.05, 4.69) is 11.4 Å². The van der Waals surface area contributed by atoms with Gasteiger partial charge in [-0.05, 0) is 49.4 Å². The van der Waals surface area contributed by atoms with Crippen molar-refractivity contribution in [3.8, 4) is 6.07 Å².